The summed E-state index contributed by atoms with van der Waals surface area (Å²) in [5.74, 6) is 0.509. The van der Waals surface area contributed by atoms with Gasteiger partial charge in [0.15, 0.2) is 11.0 Å². The standard InChI is InChI=1S/C22H31ClN6O3/c1-21(2,3)32-20(30)29-13-22(14-29)7-9-28(12-22)18-16(10-24)17(23)25-19(26-18)31-11-15-6-5-8-27(15)4/h15H,5-9,11-14H2,1-4H3/t15-/m0/s1. The van der Waals surface area contributed by atoms with Crippen molar-refractivity contribution in [1.82, 2.24) is 19.8 Å². The van der Waals surface area contributed by atoms with Gasteiger partial charge in [0.1, 0.15) is 23.8 Å². The molecule has 1 amide bonds. The van der Waals surface area contributed by atoms with Crippen LogP contribution in [0.15, 0.2) is 0 Å². The highest BCUT2D eigenvalue weighted by Gasteiger charge is 2.51. The average molecular weight is 463 g/mol. The molecule has 10 heteroatoms. The summed E-state index contributed by atoms with van der Waals surface area (Å²) in [6.45, 7) is 9.84. The van der Waals surface area contributed by atoms with Gasteiger partial charge in [0.2, 0.25) is 0 Å². The zero-order valence-electron chi connectivity index (χ0n) is 19.2. The molecular weight excluding hydrogens is 432 g/mol. The van der Waals surface area contributed by atoms with E-state index in [-0.39, 0.29) is 28.2 Å². The molecule has 4 rings (SSSR count). The first-order chi connectivity index (χ1) is 15.1. The van der Waals surface area contributed by atoms with Gasteiger partial charge in [-0.3, -0.25) is 0 Å². The predicted molar refractivity (Wildman–Crippen MR) is 120 cm³/mol. The van der Waals surface area contributed by atoms with Crippen molar-refractivity contribution >= 4 is 23.5 Å². The third-order valence-corrected chi connectivity index (χ3v) is 6.73. The second kappa shape index (κ2) is 8.56. The fourth-order valence-electron chi connectivity index (χ4n) is 4.75. The van der Waals surface area contributed by atoms with Crippen LogP contribution in [0.4, 0.5) is 10.6 Å². The number of nitriles is 1. The van der Waals surface area contributed by atoms with Crippen molar-refractivity contribution in [2.24, 2.45) is 5.41 Å². The van der Waals surface area contributed by atoms with Crippen LogP contribution in [0, 0.1) is 16.7 Å². The van der Waals surface area contributed by atoms with Gasteiger partial charge < -0.3 is 24.2 Å². The normalized spacial score (nSPS) is 22.7. The van der Waals surface area contributed by atoms with E-state index in [9.17, 15) is 10.1 Å². The Balaban J connectivity index is 1.43. The minimum absolute atomic E-state index is 0.0192. The maximum atomic E-state index is 12.3. The van der Waals surface area contributed by atoms with Crippen molar-refractivity contribution in [3.05, 3.63) is 10.7 Å². The van der Waals surface area contributed by atoms with Gasteiger partial charge in [0, 0.05) is 37.6 Å². The summed E-state index contributed by atoms with van der Waals surface area (Å²) in [6, 6.07) is 2.68. The molecule has 3 aliphatic rings. The topological polar surface area (TPSA) is 94.8 Å². The minimum Gasteiger partial charge on any atom is -0.462 e. The maximum absolute atomic E-state index is 12.3. The van der Waals surface area contributed by atoms with Crippen molar-refractivity contribution in [2.75, 3.05) is 51.3 Å². The highest BCUT2D eigenvalue weighted by molar-refractivity contribution is 6.30. The van der Waals surface area contributed by atoms with Gasteiger partial charge in [-0.1, -0.05) is 11.6 Å². The van der Waals surface area contributed by atoms with Gasteiger partial charge in [-0.05, 0) is 53.6 Å². The van der Waals surface area contributed by atoms with Crippen LogP contribution in [0.3, 0.4) is 0 Å². The maximum Gasteiger partial charge on any atom is 0.410 e. The number of likely N-dealkylation sites (N-methyl/N-ethyl adjacent to an activating group) is 1. The SMILES string of the molecule is CN1CCC[C@H]1COc1nc(Cl)c(C#N)c(N2CCC3(CN(C(=O)OC(C)(C)C)C3)C2)n1. The number of hydrogen-bond donors (Lipinski definition) is 0. The lowest BCUT2D eigenvalue weighted by molar-refractivity contribution is -0.0266. The number of ether oxygens (including phenoxy) is 2. The number of hydrogen-bond acceptors (Lipinski definition) is 8. The number of carbonyl (C=O) groups is 1. The van der Waals surface area contributed by atoms with E-state index in [4.69, 9.17) is 21.1 Å². The number of halogens is 1. The Kier molecular flexibility index (Phi) is 6.12. The highest BCUT2D eigenvalue weighted by atomic mass is 35.5. The molecule has 3 fully saturated rings. The largest absolute Gasteiger partial charge is 0.462 e. The average Bonchev–Trinajstić information content (AvgIpc) is 3.30. The molecule has 0 unspecified atom stereocenters. The summed E-state index contributed by atoms with van der Waals surface area (Å²) in [5, 5.41) is 9.76. The Morgan fingerprint density at radius 3 is 2.66 bits per heavy atom. The number of carbonyl (C=O) groups excluding carboxylic acids is 1. The molecule has 0 N–H and O–H groups in total. The van der Waals surface area contributed by atoms with Gasteiger partial charge in [-0.25, -0.2) is 4.79 Å². The third-order valence-electron chi connectivity index (χ3n) is 6.46. The van der Waals surface area contributed by atoms with Crippen molar-refractivity contribution in [3.63, 3.8) is 0 Å². The molecule has 1 atom stereocenters. The number of likely N-dealkylation sites (tertiary alicyclic amines) is 2. The minimum atomic E-state index is -0.509. The van der Waals surface area contributed by atoms with E-state index in [2.05, 4.69) is 32.9 Å². The molecule has 0 aromatic carbocycles. The molecule has 0 aliphatic carbocycles. The van der Waals surface area contributed by atoms with Crippen LogP contribution < -0.4 is 9.64 Å². The van der Waals surface area contributed by atoms with E-state index >= 15 is 0 Å². The molecule has 174 valence electrons. The first-order valence-corrected chi connectivity index (χ1v) is 11.5. The molecule has 3 aliphatic heterocycles. The Morgan fingerprint density at radius 1 is 1.28 bits per heavy atom. The van der Waals surface area contributed by atoms with Crippen molar-refractivity contribution in [1.29, 1.82) is 5.26 Å². The van der Waals surface area contributed by atoms with Gasteiger partial charge in [0.25, 0.3) is 0 Å². The number of nitrogens with zero attached hydrogens (tertiary/aromatic N) is 6. The van der Waals surface area contributed by atoms with E-state index < -0.39 is 5.60 Å². The van der Waals surface area contributed by atoms with Gasteiger partial charge in [-0.2, -0.15) is 15.2 Å². The van der Waals surface area contributed by atoms with Crippen LogP contribution in [0.5, 0.6) is 6.01 Å². The van der Waals surface area contributed by atoms with Crippen LogP contribution in [0.25, 0.3) is 0 Å². The van der Waals surface area contributed by atoms with Crippen molar-refractivity contribution in [3.8, 4) is 12.1 Å². The molecule has 0 radical (unpaired) electrons. The lowest BCUT2D eigenvalue weighted by Gasteiger charge is -2.47. The summed E-state index contributed by atoms with van der Waals surface area (Å²) in [5.41, 5.74) is -0.267. The molecule has 0 saturated carbocycles. The second-order valence-corrected chi connectivity index (χ2v) is 10.6. The van der Waals surface area contributed by atoms with E-state index in [1.807, 2.05) is 20.8 Å². The first-order valence-electron chi connectivity index (χ1n) is 11.1. The lowest BCUT2D eigenvalue weighted by Crippen LogP contribution is -2.60. The highest BCUT2D eigenvalue weighted by Crippen LogP contribution is 2.42. The Bertz CT molecular complexity index is 921. The fraction of sp³-hybridized carbons (Fsp3) is 0.727. The molecule has 3 saturated heterocycles. The number of aromatic nitrogens is 2. The third kappa shape index (κ3) is 4.71. The van der Waals surface area contributed by atoms with Crippen LogP contribution in [0.2, 0.25) is 5.15 Å². The molecule has 4 heterocycles. The fourth-order valence-corrected chi connectivity index (χ4v) is 4.95. The quantitative estimate of drug-likeness (QED) is 0.630. The van der Waals surface area contributed by atoms with Crippen LogP contribution in [-0.4, -0.2) is 83.9 Å². The second-order valence-electron chi connectivity index (χ2n) is 10.2. The summed E-state index contributed by atoms with van der Waals surface area (Å²) in [7, 11) is 2.09. The zero-order valence-corrected chi connectivity index (χ0v) is 20.0. The van der Waals surface area contributed by atoms with Crippen LogP contribution in [-0.2, 0) is 4.74 Å². The van der Waals surface area contributed by atoms with E-state index in [1.54, 1.807) is 4.90 Å². The Morgan fingerprint density at radius 2 is 2.03 bits per heavy atom. The zero-order chi connectivity index (χ0) is 23.1. The smallest absolute Gasteiger partial charge is 0.410 e. The van der Waals surface area contributed by atoms with Gasteiger partial charge in [-0.15, -0.1) is 0 Å². The van der Waals surface area contributed by atoms with Crippen LogP contribution >= 0.6 is 11.6 Å². The van der Waals surface area contributed by atoms with Crippen molar-refractivity contribution < 1.29 is 14.3 Å². The molecule has 9 nitrogen and oxygen atoms in total. The summed E-state index contributed by atoms with van der Waals surface area (Å²) in [4.78, 5) is 27.1. The number of amides is 1. The number of rotatable bonds is 4. The molecule has 1 aromatic rings. The predicted octanol–water partition coefficient (Wildman–Crippen LogP) is 2.92. The van der Waals surface area contributed by atoms with Crippen LogP contribution in [0.1, 0.15) is 45.6 Å². The van der Waals surface area contributed by atoms with Gasteiger partial charge >= 0.3 is 12.1 Å². The van der Waals surface area contributed by atoms with E-state index in [0.717, 1.165) is 32.4 Å². The van der Waals surface area contributed by atoms with Gasteiger partial charge in [0.05, 0.1) is 0 Å². The molecular formula is C22H31ClN6O3. The summed E-state index contributed by atoms with van der Waals surface area (Å²) in [6.07, 6.45) is 2.86. The molecule has 1 aromatic heterocycles. The first kappa shape index (κ1) is 22.9. The van der Waals surface area contributed by atoms with E-state index in [1.165, 1.54) is 0 Å². The Labute approximate surface area is 194 Å². The lowest BCUT2D eigenvalue weighted by atomic mass is 9.79. The molecule has 32 heavy (non-hydrogen) atoms. The Hall–Kier alpha value is -2.31. The molecule has 0 bridgehead atoms. The molecule has 1 spiro atoms. The number of anilines is 1. The monoisotopic (exact) mass is 462 g/mol. The van der Waals surface area contributed by atoms with E-state index in [0.29, 0.717) is 38.1 Å². The summed E-state index contributed by atoms with van der Waals surface area (Å²) >= 11 is 6.32. The van der Waals surface area contributed by atoms with Crippen molar-refractivity contribution in [2.45, 2.75) is 51.7 Å². The summed E-state index contributed by atoms with van der Waals surface area (Å²) < 4.78 is 11.3.